The highest BCUT2D eigenvalue weighted by molar-refractivity contribution is 7.99. The van der Waals surface area contributed by atoms with Crippen LogP contribution in [-0.4, -0.2) is 18.8 Å². The van der Waals surface area contributed by atoms with Crippen molar-refractivity contribution in [3.63, 3.8) is 0 Å². The van der Waals surface area contributed by atoms with Crippen molar-refractivity contribution in [1.29, 1.82) is 0 Å². The van der Waals surface area contributed by atoms with E-state index in [1.54, 1.807) is 7.11 Å². The van der Waals surface area contributed by atoms with Crippen molar-refractivity contribution in [2.75, 3.05) is 17.8 Å². The maximum absolute atomic E-state index is 13.0. The van der Waals surface area contributed by atoms with E-state index in [1.807, 2.05) is 77.3 Å². The molecule has 0 bridgehead atoms. The molecule has 0 aliphatic carbocycles. The molecule has 2 atom stereocenters. The molecule has 4 rings (SSSR count). The summed E-state index contributed by atoms with van der Waals surface area (Å²) in [5.74, 6) is 1.97. The van der Waals surface area contributed by atoms with Gasteiger partial charge in [-0.3, -0.25) is 4.79 Å². The molecule has 0 N–H and O–H groups in total. The van der Waals surface area contributed by atoms with E-state index >= 15 is 0 Å². The summed E-state index contributed by atoms with van der Waals surface area (Å²) < 4.78 is 5.29. The van der Waals surface area contributed by atoms with Crippen molar-refractivity contribution in [2.45, 2.75) is 17.4 Å². The Morgan fingerprint density at radius 2 is 1.54 bits per heavy atom. The normalized spacial score (nSPS) is 18.6. The lowest BCUT2D eigenvalue weighted by atomic mass is 9.80. The molecule has 1 fully saturated rings. The first kappa shape index (κ1) is 18.6. The highest BCUT2D eigenvalue weighted by atomic mass is 32.2. The molecule has 3 aromatic carbocycles. The third-order valence-electron chi connectivity index (χ3n) is 5.15. The predicted octanol–water partition coefficient (Wildman–Crippen LogP) is 5.58. The number of ether oxygens (including phenoxy) is 1. The molecule has 1 amide bonds. The van der Waals surface area contributed by atoms with Gasteiger partial charge in [0.25, 0.3) is 0 Å². The van der Waals surface area contributed by atoms with Crippen molar-refractivity contribution >= 4 is 23.4 Å². The average molecular weight is 390 g/mol. The van der Waals surface area contributed by atoms with Crippen molar-refractivity contribution in [2.24, 2.45) is 5.92 Å². The third-order valence-corrected chi connectivity index (χ3v) is 6.19. The Kier molecular flexibility index (Phi) is 5.68. The molecule has 142 valence electrons. The van der Waals surface area contributed by atoms with Crippen LogP contribution in [0.4, 0.5) is 5.69 Å². The van der Waals surface area contributed by atoms with E-state index in [0.717, 1.165) is 29.2 Å². The second-order valence-corrected chi connectivity index (χ2v) is 7.99. The highest BCUT2D eigenvalue weighted by Crippen LogP contribution is 2.45. The monoisotopic (exact) mass is 389 g/mol. The summed E-state index contributed by atoms with van der Waals surface area (Å²) in [6.07, 6.45) is 0.860. The van der Waals surface area contributed by atoms with Crippen molar-refractivity contribution in [3.05, 3.63) is 90.5 Å². The fourth-order valence-electron chi connectivity index (χ4n) is 3.71. The summed E-state index contributed by atoms with van der Waals surface area (Å²) in [6.45, 7) is 0. The van der Waals surface area contributed by atoms with Gasteiger partial charge in [-0.1, -0.05) is 48.5 Å². The Labute approximate surface area is 170 Å². The molecule has 1 heterocycles. The maximum atomic E-state index is 13.0. The van der Waals surface area contributed by atoms with Crippen LogP contribution in [0.5, 0.6) is 5.75 Å². The SMILES string of the molecule is COc1ccc([C@@H]2[C@@H](CCSc3ccccc3)C(=O)N2c2ccccc2)cc1. The van der Waals surface area contributed by atoms with E-state index in [-0.39, 0.29) is 17.9 Å². The lowest BCUT2D eigenvalue weighted by Crippen LogP contribution is -2.55. The summed E-state index contributed by atoms with van der Waals surface area (Å²) >= 11 is 1.81. The molecular formula is C24H23NO2S. The Morgan fingerprint density at radius 1 is 0.893 bits per heavy atom. The van der Waals surface area contributed by atoms with Crippen LogP contribution < -0.4 is 9.64 Å². The number of carbonyl (C=O) groups excluding carboxylic acids is 1. The number of benzene rings is 3. The number of rotatable bonds is 7. The molecule has 0 aromatic heterocycles. The Hall–Kier alpha value is -2.72. The van der Waals surface area contributed by atoms with E-state index in [9.17, 15) is 4.79 Å². The van der Waals surface area contributed by atoms with E-state index in [4.69, 9.17) is 4.74 Å². The minimum absolute atomic E-state index is 0.00446. The zero-order chi connectivity index (χ0) is 19.3. The van der Waals surface area contributed by atoms with Gasteiger partial charge in [0.1, 0.15) is 5.75 Å². The summed E-state index contributed by atoms with van der Waals surface area (Å²) in [4.78, 5) is 16.2. The number of thioether (sulfide) groups is 1. The van der Waals surface area contributed by atoms with Crippen LogP contribution in [0.2, 0.25) is 0 Å². The minimum Gasteiger partial charge on any atom is -0.497 e. The molecular weight excluding hydrogens is 366 g/mol. The van der Waals surface area contributed by atoms with E-state index in [1.165, 1.54) is 4.90 Å². The molecule has 28 heavy (non-hydrogen) atoms. The van der Waals surface area contributed by atoms with Gasteiger partial charge < -0.3 is 9.64 Å². The standard InChI is InChI=1S/C24H23NO2S/c1-27-20-14-12-18(13-15-20)23-22(16-17-28-21-10-6-3-7-11-21)24(26)25(23)19-8-4-2-5-9-19/h2-15,22-23H,16-17H2,1H3/t22-,23-/m1/s1. The zero-order valence-electron chi connectivity index (χ0n) is 15.8. The van der Waals surface area contributed by atoms with E-state index in [0.29, 0.717) is 0 Å². The molecule has 1 saturated heterocycles. The second-order valence-electron chi connectivity index (χ2n) is 6.82. The number of anilines is 1. The van der Waals surface area contributed by atoms with Gasteiger partial charge in [-0.05, 0) is 54.1 Å². The Morgan fingerprint density at radius 3 is 2.18 bits per heavy atom. The largest absolute Gasteiger partial charge is 0.497 e. The number of nitrogens with zero attached hydrogens (tertiary/aromatic N) is 1. The topological polar surface area (TPSA) is 29.5 Å². The van der Waals surface area contributed by atoms with Gasteiger partial charge in [-0.15, -0.1) is 11.8 Å². The molecule has 0 unspecified atom stereocenters. The zero-order valence-corrected chi connectivity index (χ0v) is 16.6. The minimum atomic E-state index is 0.00446. The molecule has 4 heteroatoms. The maximum Gasteiger partial charge on any atom is 0.233 e. The van der Waals surface area contributed by atoms with Gasteiger partial charge in [-0.25, -0.2) is 0 Å². The number of amides is 1. The van der Waals surface area contributed by atoms with Gasteiger partial charge in [0, 0.05) is 10.6 Å². The van der Waals surface area contributed by atoms with Crippen LogP contribution in [0.15, 0.2) is 89.8 Å². The highest BCUT2D eigenvalue weighted by Gasteiger charge is 2.48. The Bertz CT molecular complexity index is 912. The quantitative estimate of drug-likeness (QED) is 0.390. The number of para-hydroxylation sites is 1. The fraction of sp³-hybridized carbons (Fsp3) is 0.208. The van der Waals surface area contributed by atoms with Gasteiger partial charge in [0.2, 0.25) is 5.91 Å². The average Bonchev–Trinajstić information content (AvgIpc) is 2.76. The van der Waals surface area contributed by atoms with Crippen molar-refractivity contribution < 1.29 is 9.53 Å². The van der Waals surface area contributed by atoms with E-state index in [2.05, 4.69) is 24.3 Å². The van der Waals surface area contributed by atoms with Gasteiger partial charge in [-0.2, -0.15) is 0 Å². The second kappa shape index (κ2) is 8.53. The number of β-lactam (4-membered cyclic amide) rings is 1. The molecule has 0 radical (unpaired) electrons. The number of carbonyl (C=O) groups is 1. The van der Waals surface area contributed by atoms with E-state index < -0.39 is 0 Å². The number of hydrogen-bond acceptors (Lipinski definition) is 3. The lowest BCUT2D eigenvalue weighted by molar-refractivity contribution is -0.130. The number of methoxy groups -OCH3 is 1. The third kappa shape index (κ3) is 3.78. The van der Waals surface area contributed by atoms with Crippen LogP contribution in [0.25, 0.3) is 0 Å². The summed E-state index contributed by atoms with van der Waals surface area (Å²) in [6, 6.07) is 28.4. The smallest absolute Gasteiger partial charge is 0.233 e. The van der Waals surface area contributed by atoms with Gasteiger partial charge in [0.15, 0.2) is 0 Å². The molecule has 3 aromatic rings. The van der Waals surface area contributed by atoms with Crippen LogP contribution in [-0.2, 0) is 4.79 Å². The fourth-order valence-corrected chi connectivity index (χ4v) is 4.67. The predicted molar refractivity (Wildman–Crippen MR) is 115 cm³/mol. The van der Waals surface area contributed by atoms with Gasteiger partial charge >= 0.3 is 0 Å². The van der Waals surface area contributed by atoms with Crippen molar-refractivity contribution in [1.82, 2.24) is 0 Å². The van der Waals surface area contributed by atoms with Crippen LogP contribution in [0, 0.1) is 5.92 Å². The molecule has 1 aliphatic rings. The summed E-state index contributed by atoms with van der Waals surface area (Å²) in [5, 5.41) is 0. The molecule has 3 nitrogen and oxygen atoms in total. The Balaban J connectivity index is 1.53. The van der Waals surface area contributed by atoms with Crippen molar-refractivity contribution in [3.8, 4) is 5.75 Å². The van der Waals surface area contributed by atoms with Gasteiger partial charge in [0.05, 0.1) is 19.1 Å². The molecule has 1 aliphatic heterocycles. The lowest BCUT2D eigenvalue weighted by Gasteiger charge is -2.47. The first-order chi connectivity index (χ1) is 13.8. The van der Waals surface area contributed by atoms with Crippen LogP contribution >= 0.6 is 11.8 Å². The van der Waals surface area contributed by atoms with Crippen LogP contribution in [0.3, 0.4) is 0 Å². The van der Waals surface area contributed by atoms with Crippen LogP contribution in [0.1, 0.15) is 18.0 Å². The first-order valence-electron chi connectivity index (χ1n) is 9.48. The first-order valence-corrected chi connectivity index (χ1v) is 10.5. The summed E-state index contributed by atoms with van der Waals surface area (Å²) in [5.41, 5.74) is 2.11. The molecule has 0 saturated carbocycles. The summed E-state index contributed by atoms with van der Waals surface area (Å²) in [7, 11) is 1.67. The molecule has 0 spiro atoms. The number of hydrogen-bond donors (Lipinski definition) is 0.